The molecule has 3 nitrogen and oxygen atoms in total. The van der Waals surface area contributed by atoms with E-state index in [2.05, 4.69) is 0 Å². The molecule has 2 rings (SSSR count). The van der Waals surface area contributed by atoms with Crippen LogP contribution in [0.2, 0.25) is 0 Å². The Kier molecular flexibility index (Phi) is 4.49. The van der Waals surface area contributed by atoms with Crippen molar-refractivity contribution in [3.63, 3.8) is 0 Å². The van der Waals surface area contributed by atoms with Crippen LogP contribution in [0.5, 0.6) is 5.75 Å². The van der Waals surface area contributed by atoms with Gasteiger partial charge < -0.3 is 9.47 Å². The smallest absolute Gasteiger partial charge is 0.189 e. The maximum atomic E-state index is 13.3. The van der Waals surface area contributed by atoms with Gasteiger partial charge in [-0.25, -0.2) is 4.39 Å². The number of benzene rings is 2. The van der Waals surface area contributed by atoms with Crippen LogP contribution in [0.1, 0.15) is 11.1 Å². The van der Waals surface area contributed by atoms with Gasteiger partial charge in [-0.1, -0.05) is 36.4 Å². The minimum absolute atomic E-state index is 0.0347. The Labute approximate surface area is 110 Å². The number of nitriles is 1. The first kappa shape index (κ1) is 13.1. The van der Waals surface area contributed by atoms with Crippen LogP contribution in [-0.4, -0.2) is 6.79 Å². The second-order valence-electron chi connectivity index (χ2n) is 3.82. The summed E-state index contributed by atoms with van der Waals surface area (Å²) in [5, 5.41) is 8.82. The fraction of sp³-hybridized carbons (Fsp3) is 0.133. The zero-order valence-electron chi connectivity index (χ0n) is 10.2. The molecule has 0 amide bonds. The monoisotopic (exact) mass is 257 g/mol. The van der Waals surface area contributed by atoms with Crippen LogP contribution in [0.25, 0.3) is 0 Å². The summed E-state index contributed by atoms with van der Waals surface area (Å²) >= 11 is 0. The molecule has 0 radical (unpaired) electrons. The molecular formula is C15H12FNO2. The molecule has 2 aromatic carbocycles. The van der Waals surface area contributed by atoms with Crippen molar-refractivity contribution in [3.8, 4) is 11.8 Å². The second kappa shape index (κ2) is 6.53. The lowest BCUT2D eigenvalue weighted by atomic mass is 10.2. The van der Waals surface area contributed by atoms with Gasteiger partial charge in [0.25, 0.3) is 0 Å². The fourth-order valence-corrected chi connectivity index (χ4v) is 1.57. The summed E-state index contributed by atoms with van der Waals surface area (Å²) in [6.07, 6.45) is 0. The largest absolute Gasteiger partial charge is 0.466 e. The van der Waals surface area contributed by atoms with Crippen molar-refractivity contribution in [3.05, 3.63) is 65.5 Å². The van der Waals surface area contributed by atoms with Crippen LogP contribution in [0.4, 0.5) is 4.39 Å². The van der Waals surface area contributed by atoms with Gasteiger partial charge in [0.05, 0.1) is 6.61 Å². The van der Waals surface area contributed by atoms with E-state index in [0.717, 1.165) is 5.56 Å². The van der Waals surface area contributed by atoms with Gasteiger partial charge in [0.15, 0.2) is 6.79 Å². The van der Waals surface area contributed by atoms with Crippen LogP contribution in [-0.2, 0) is 11.3 Å². The summed E-state index contributed by atoms with van der Waals surface area (Å²) in [5.74, 6) is -0.404. The molecule has 0 aromatic heterocycles. The molecule has 0 saturated carbocycles. The zero-order valence-corrected chi connectivity index (χ0v) is 10.2. The van der Waals surface area contributed by atoms with E-state index in [1.807, 2.05) is 30.3 Å². The Balaban J connectivity index is 1.87. The molecule has 19 heavy (non-hydrogen) atoms. The van der Waals surface area contributed by atoms with Crippen molar-refractivity contribution in [1.29, 1.82) is 5.26 Å². The van der Waals surface area contributed by atoms with Crippen molar-refractivity contribution in [2.24, 2.45) is 0 Å². The van der Waals surface area contributed by atoms with Crippen LogP contribution in [0.15, 0.2) is 48.5 Å². The molecule has 0 N–H and O–H groups in total. The summed E-state index contributed by atoms with van der Waals surface area (Å²) in [6, 6.07) is 15.6. The van der Waals surface area contributed by atoms with E-state index in [4.69, 9.17) is 14.7 Å². The summed E-state index contributed by atoms with van der Waals surface area (Å²) in [7, 11) is 0. The van der Waals surface area contributed by atoms with E-state index in [0.29, 0.717) is 6.61 Å². The Morgan fingerprint density at radius 1 is 1.05 bits per heavy atom. The van der Waals surface area contributed by atoms with Gasteiger partial charge in [0, 0.05) is 0 Å². The maximum Gasteiger partial charge on any atom is 0.189 e. The molecule has 4 heteroatoms. The quantitative estimate of drug-likeness (QED) is 0.610. The molecule has 2 aromatic rings. The van der Waals surface area contributed by atoms with Gasteiger partial charge >= 0.3 is 0 Å². The fourth-order valence-electron chi connectivity index (χ4n) is 1.57. The van der Waals surface area contributed by atoms with E-state index >= 15 is 0 Å². The van der Waals surface area contributed by atoms with E-state index in [1.165, 1.54) is 18.2 Å². The number of hydrogen-bond donors (Lipinski definition) is 0. The number of ether oxygens (including phenoxy) is 2. The normalized spacial score (nSPS) is 9.89. The van der Waals surface area contributed by atoms with Crippen molar-refractivity contribution < 1.29 is 13.9 Å². The number of rotatable bonds is 5. The maximum absolute atomic E-state index is 13.3. The highest BCUT2D eigenvalue weighted by molar-refractivity contribution is 5.43. The number of hydrogen-bond acceptors (Lipinski definition) is 3. The van der Waals surface area contributed by atoms with Crippen LogP contribution in [0, 0.1) is 17.1 Å². The summed E-state index contributed by atoms with van der Waals surface area (Å²) in [5.41, 5.74) is 0.914. The van der Waals surface area contributed by atoms with E-state index < -0.39 is 5.82 Å². The zero-order chi connectivity index (χ0) is 13.5. The Morgan fingerprint density at radius 3 is 2.58 bits per heavy atom. The third-order valence-corrected chi connectivity index (χ3v) is 2.50. The molecule has 0 heterocycles. The molecule has 0 atom stereocenters. The third kappa shape index (κ3) is 3.54. The van der Waals surface area contributed by atoms with E-state index in [9.17, 15) is 4.39 Å². The molecule has 96 valence electrons. The van der Waals surface area contributed by atoms with Crippen molar-refractivity contribution in [2.45, 2.75) is 6.61 Å². The lowest BCUT2D eigenvalue weighted by Gasteiger charge is -2.08. The van der Waals surface area contributed by atoms with Gasteiger partial charge in [-0.15, -0.1) is 0 Å². The highest BCUT2D eigenvalue weighted by atomic mass is 19.1. The van der Waals surface area contributed by atoms with E-state index in [1.54, 1.807) is 6.07 Å². The summed E-state index contributed by atoms with van der Waals surface area (Å²) in [6.45, 7) is 0.366. The molecule has 0 spiro atoms. The average molecular weight is 257 g/mol. The van der Waals surface area contributed by atoms with Gasteiger partial charge in [-0.3, -0.25) is 0 Å². The average Bonchev–Trinajstić information content (AvgIpc) is 2.45. The Bertz CT molecular complexity index is 578. The predicted octanol–water partition coefficient (Wildman–Crippen LogP) is 3.25. The minimum Gasteiger partial charge on any atom is -0.466 e. The molecule has 0 saturated heterocycles. The van der Waals surface area contributed by atoms with Gasteiger partial charge in [-0.2, -0.15) is 5.26 Å². The Morgan fingerprint density at radius 2 is 1.84 bits per heavy atom. The SMILES string of the molecule is N#Cc1c(F)cccc1OCOCc1ccccc1. The third-order valence-electron chi connectivity index (χ3n) is 2.50. The molecule has 0 aliphatic rings. The van der Waals surface area contributed by atoms with E-state index in [-0.39, 0.29) is 18.1 Å². The second-order valence-corrected chi connectivity index (χ2v) is 3.82. The van der Waals surface area contributed by atoms with Crippen LogP contribution < -0.4 is 4.74 Å². The first-order valence-electron chi connectivity index (χ1n) is 5.74. The first-order chi connectivity index (χ1) is 9.31. The molecular weight excluding hydrogens is 245 g/mol. The lowest BCUT2D eigenvalue weighted by Crippen LogP contribution is -2.04. The molecule has 0 aliphatic carbocycles. The van der Waals surface area contributed by atoms with Crippen molar-refractivity contribution >= 4 is 0 Å². The number of halogens is 1. The topological polar surface area (TPSA) is 42.2 Å². The van der Waals surface area contributed by atoms with Gasteiger partial charge in [0.1, 0.15) is 23.2 Å². The Hall–Kier alpha value is -2.38. The van der Waals surface area contributed by atoms with Gasteiger partial charge in [0.2, 0.25) is 0 Å². The van der Waals surface area contributed by atoms with Crippen LogP contribution >= 0.6 is 0 Å². The molecule has 0 bridgehead atoms. The highest BCUT2D eigenvalue weighted by Gasteiger charge is 2.08. The van der Waals surface area contributed by atoms with Crippen molar-refractivity contribution in [1.82, 2.24) is 0 Å². The highest BCUT2D eigenvalue weighted by Crippen LogP contribution is 2.20. The number of nitrogens with zero attached hydrogens (tertiary/aromatic N) is 1. The standard InChI is InChI=1S/C15H12FNO2/c16-14-7-4-8-15(13(14)9-17)19-11-18-10-12-5-2-1-3-6-12/h1-8H,10-11H2. The predicted molar refractivity (Wildman–Crippen MR) is 67.8 cm³/mol. The molecule has 0 unspecified atom stereocenters. The van der Waals surface area contributed by atoms with Crippen molar-refractivity contribution in [2.75, 3.05) is 6.79 Å². The molecule has 0 aliphatic heterocycles. The van der Waals surface area contributed by atoms with Crippen LogP contribution in [0.3, 0.4) is 0 Å². The minimum atomic E-state index is -0.594. The molecule has 0 fully saturated rings. The lowest BCUT2D eigenvalue weighted by molar-refractivity contribution is 0.00473. The summed E-state index contributed by atoms with van der Waals surface area (Å²) in [4.78, 5) is 0. The first-order valence-corrected chi connectivity index (χ1v) is 5.74. The summed E-state index contributed by atoms with van der Waals surface area (Å²) < 4.78 is 23.8. The van der Waals surface area contributed by atoms with Gasteiger partial charge in [-0.05, 0) is 17.7 Å².